The van der Waals surface area contributed by atoms with Crippen LogP contribution in [-0.2, 0) is 10.0 Å². The molecule has 5 nitrogen and oxygen atoms in total. The molecule has 1 aliphatic heterocycles. The predicted molar refractivity (Wildman–Crippen MR) is 99.4 cm³/mol. The third kappa shape index (κ3) is 4.74. The minimum atomic E-state index is -3.57. The minimum Gasteiger partial charge on any atom is -0.495 e. The highest BCUT2D eigenvalue weighted by atomic mass is 32.2. The van der Waals surface area contributed by atoms with Gasteiger partial charge in [0.15, 0.2) is 0 Å². The smallest absolute Gasteiger partial charge is 0.244 e. The molecule has 1 aliphatic carbocycles. The molecule has 25 heavy (non-hydrogen) atoms. The van der Waals surface area contributed by atoms with Crippen molar-refractivity contribution in [3.8, 4) is 5.75 Å². The lowest BCUT2D eigenvalue weighted by atomic mass is 10.0. The average molecular weight is 367 g/mol. The van der Waals surface area contributed by atoms with Crippen molar-refractivity contribution in [3.05, 3.63) is 24.3 Å². The second-order valence-corrected chi connectivity index (χ2v) is 8.93. The van der Waals surface area contributed by atoms with E-state index in [2.05, 4.69) is 9.62 Å². The van der Waals surface area contributed by atoms with Gasteiger partial charge in [-0.25, -0.2) is 13.1 Å². The molecule has 6 heteroatoms. The van der Waals surface area contributed by atoms with Crippen LogP contribution in [0.1, 0.15) is 51.4 Å². The van der Waals surface area contributed by atoms with E-state index in [0.29, 0.717) is 11.8 Å². The molecule has 0 spiro atoms. The molecule has 0 unspecified atom stereocenters. The zero-order valence-corrected chi connectivity index (χ0v) is 15.9. The molecular formula is C19H30N2O3S. The Labute approximate surface area is 151 Å². The number of methoxy groups -OCH3 is 1. The largest absolute Gasteiger partial charge is 0.495 e. The first-order chi connectivity index (χ1) is 12.1. The normalized spacial score (nSPS) is 24.0. The molecule has 0 amide bonds. The van der Waals surface area contributed by atoms with Gasteiger partial charge in [-0.3, -0.25) is 4.90 Å². The number of para-hydroxylation sites is 1. The Bertz CT molecular complexity index is 654. The fourth-order valence-corrected chi connectivity index (χ4v) is 5.61. The molecular weight excluding hydrogens is 336 g/mol. The highest BCUT2D eigenvalue weighted by Gasteiger charge is 2.30. The first-order valence-corrected chi connectivity index (χ1v) is 11.0. The number of hydrogen-bond acceptors (Lipinski definition) is 4. The van der Waals surface area contributed by atoms with E-state index in [0.717, 1.165) is 25.9 Å². The molecule has 1 aromatic rings. The third-order valence-electron chi connectivity index (χ3n) is 5.47. The summed E-state index contributed by atoms with van der Waals surface area (Å²) in [6.07, 6.45) is 9.76. The second kappa shape index (κ2) is 8.52. The Morgan fingerprint density at radius 3 is 2.48 bits per heavy atom. The van der Waals surface area contributed by atoms with Gasteiger partial charge in [-0.15, -0.1) is 0 Å². The molecule has 0 radical (unpaired) electrons. The monoisotopic (exact) mass is 366 g/mol. The summed E-state index contributed by atoms with van der Waals surface area (Å²) < 4.78 is 33.8. The van der Waals surface area contributed by atoms with Crippen molar-refractivity contribution < 1.29 is 13.2 Å². The van der Waals surface area contributed by atoms with Crippen molar-refractivity contribution in [2.75, 3.05) is 20.2 Å². The van der Waals surface area contributed by atoms with Crippen molar-refractivity contribution in [3.63, 3.8) is 0 Å². The minimum absolute atomic E-state index is 0.0214. The summed E-state index contributed by atoms with van der Waals surface area (Å²) in [6.45, 7) is 1.91. The van der Waals surface area contributed by atoms with E-state index in [4.69, 9.17) is 4.74 Å². The molecule has 1 atom stereocenters. The Morgan fingerprint density at radius 1 is 1.04 bits per heavy atom. The SMILES string of the molecule is COc1ccccc1S(=O)(=O)N[C@H]1CCCN(C2CCCCCC2)C1. The van der Waals surface area contributed by atoms with E-state index in [-0.39, 0.29) is 10.9 Å². The number of likely N-dealkylation sites (tertiary alicyclic amines) is 1. The summed E-state index contributed by atoms with van der Waals surface area (Å²) in [5.41, 5.74) is 0. The van der Waals surface area contributed by atoms with Crippen LogP contribution in [0.5, 0.6) is 5.75 Å². The van der Waals surface area contributed by atoms with Crippen LogP contribution in [-0.4, -0.2) is 45.6 Å². The van der Waals surface area contributed by atoms with Crippen LogP contribution >= 0.6 is 0 Å². The summed E-state index contributed by atoms with van der Waals surface area (Å²) in [6, 6.07) is 7.41. The number of ether oxygens (including phenoxy) is 1. The van der Waals surface area contributed by atoms with Crippen molar-refractivity contribution >= 4 is 10.0 Å². The molecule has 1 aromatic carbocycles. The first-order valence-electron chi connectivity index (χ1n) is 9.49. The van der Waals surface area contributed by atoms with Gasteiger partial charge in [0.2, 0.25) is 10.0 Å². The van der Waals surface area contributed by atoms with Gasteiger partial charge in [-0.05, 0) is 44.4 Å². The molecule has 3 rings (SSSR count). The van der Waals surface area contributed by atoms with Gasteiger partial charge in [0, 0.05) is 18.6 Å². The summed E-state index contributed by atoms with van der Waals surface area (Å²) in [7, 11) is -2.06. The van der Waals surface area contributed by atoms with Gasteiger partial charge in [-0.1, -0.05) is 37.8 Å². The topological polar surface area (TPSA) is 58.6 Å². The number of rotatable bonds is 5. The highest BCUT2D eigenvalue weighted by Crippen LogP contribution is 2.27. The highest BCUT2D eigenvalue weighted by molar-refractivity contribution is 7.89. The van der Waals surface area contributed by atoms with Crippen molar-refractivity contribution in [1.29, 1.82) is 0 Å². The van der Waals surface area contributed by atoms with Gasteiger partial charge < -0.3 is 4.74 Å². The maximum Gasteiger partial charge on any atom is 0.244 e. The van der Waals surface area contributed by atoms with Gasteiger partial charge in [0.05, 0.1) is 7.11 Å². The number of nitrogens with zero attached hydrogens (tertiary/aromatic N) is 1. The summed E-state index contributed by atoms with van der Waals surface area (Å²) in [5, 5.41) is 0. The van der Waals surface area contributed by atoms with Crippen LogP contribution in [0.15, 0.2) is 29.2 Å². The maximum absolute atomic E-state index is 12.8. The zero-order valence-electron chi connectivity index (χ0n) is 15.1. The van der Waals surface area contributed by atoms with E-state index in [1.54, 1.807) is 24.3 Å². The number of nitrogens with one attached hydrogen (secondary N) is 1. The standard InChI is InChI=1S/C19H30N2O3S/c1-24-18-12-6-7-13-19(18)25(22,23)20-16-9-8-14-21(15-16)17-10-4-2-3-5-11-17/h6-7,12-13,16-17,20H,2-5,8-11,14-15H2,1H3/t16-/m0/s1. The molecule has 1 saturated carbocycles. The summed E-state index contributed by atoms with van der Waals surface area (Å²) in [5.74, 6) is 0.395. The quantitative estimate of drug-likeness (QED) is 0.813. The Morgan fingerprint density at radius 2 is 1.76 bits per heavy atom. The molecule has 1 saturated heterocycles. The maximum atomic E-state index is 12.8. The van der Waals surface area contributed by atoms with Crippen LogP contribution in [0.25, 0.3) is 0 Å². The molecule has 0 aromatic heterocycles. The van der Waals surface area contributed by atoms with Gasteiger partial charge >= 0.3 is 0 Å². The number of piperidine rings is 1. The zero-order chi connectivity index (χ0) is 17.7. The average Bonchev–Trinajstić information content (AvgIpc) is 2.91. The Hall–Kier alpha value is -1.11. The summed E-state index contributed by atoms with van der Waals surface area (Å²) in [4.78, 5) is 2.74. The molecule has 2 fully saturated rings. The van der Waals surface area contributed by atoms with E-state index in [1.807, 2.05) is 0 Å². The van der Waals surface area contributed by atoms with Crippen LogP contribution in [0, 0.1) is 0 Å². The number of sulfonamides is 1. The third-order valence-corrected chi connectivity index (χ3v) is 7.03. The number of benzene rings is 1. The first kappa shape index (κ1) is 18.7. The van der Waals surface area contributed by atoms with Crippen LogP contribution in [0.2, 0.25) is 0 Å². The fourth-order valence-electron chi connectivity index (χ4n) is 4.18. The molecule has 0 bridgehead atoms. The van der Waals surface area contributed by atoms with Crippen LogP contribution < -0.4 is 9.46 Å². The van der Waals surface area contributed by atoms with Crippen molar-refractivity contribution in [2.45, 2.75) is 68.3 Å². The van der Waals surface area contributed by atoms with Gasteiger partial charge in [0.1, 0.15) is 10.6 Å². The Kier molecular flexibility index (Phi) is 6.36. The second-order valence-electron chi connectivity index (χ2n) is 7.25. The van der Waals surface area contributed by atoms with Crippen LogP contribution in [0.3, 0.4) is 0 Å². The fraction of sp³-hybridized carbons (Fsp3) is 0.684. The van der Waals surface area contributed by atoms with Crippen molar-refractivity contribution in [1.82, 2.24) is 9.62 Å². The lowest BCUT2D eigenvalue weighted by Gasteiger charge is -2.38. The van der Waals surface area contributed by atoms with Crippen molar-refractivity contribution in [2.24, 2.45) is 0 Å². The van der Waals surface area contributed by atoms with E-state index in [1.165, 1.54) is 45.6 Å². The van der Waals surface area contributed by atoms with E-state index < -0.39 is 10.0 Å². The molecule has 1 heterocycles. The summed E-state index contributed by atoms with van der Waals surface area (Å²) >= 11 is 0. The Balaban J connectivity index is 1.67. The molecule has 140 valence electrons. The van der Waals surface area contributed by atoms with E-state index >= 15 is 0 Å². The predicted octanol–water partition coefficient (Wildman–Crippen LogP) is 3.16. The number of hydrogen-bond donors (Lipinski definition) is 1. The molecule has 1 N–H and O–H groups in total. The lowest BCUT2D eigenvalue weighted by molar-refractivity contribution is 0.132. The van der Waals surface area contributed by atoms with Gasteiger partial charge in [0.25, 0.3) is 0 Å². The lowest BCUT2D eigenvalue weighted by Crippen LogP contribution is -2.50. The molecule has 2 aliphatic rings. The van der Waals surface area contributed by atoms with Gasteiger partial charge in [-0.2, -0.15) is 0 Å². The van der Waals surface area contributed by atoms with E-state index in [9.17, 15) is 8.42 Å². The van der Waals surface area contributed by atoms with Crippen LogP contribution in [0.4, 0.5) is 0 Å².